The molecule has 4 aromatic rings. The number of aromatic amines is 1. The van der Waals surface area contributed by atoms with Crippen LogP contribution in [0.15, 0.2) is 36.8 Å². The van der Waals surface area contributed by atoms with Crippen LogP contribution in [-0.2, 0) is 20.8 Å². The molecule has 0 spiro atoms. The zero-order chi connectivity index (χ0) is 32.4. The second kappa shape index (κ2) is 13.2. The van der Waals surface area contributed by atoms with Gasteiger partial charge in [-0.1, -0.05) is 6.07 Å². The van der Waals surface area contributed by atoms with Crippen molar-refractivity contribution in [3.63, 3.8) is 0 Å². The Morgan fingerprint density at radius 1 is 1.11 bits per heavy atom. The molecule has 1 atom stereocenters. The number of pyridine rings is 1. The molecule has 0 saturated carbocycles. The molecule has 0 radical (unpaired) electrons. The van der Waals surface area contributed by atoms with Crippen molar-refractivity contribution >= 4 is 22.9 Å². The van der Waals surface area contributed by atoms with Crippen LogP contribution in [0.3, 0.4) is 0 Å². The number of aromatic nitrogens is 5. The Labute approximate surface area is 269 Å². The van der Waals surface area contributed by atoms with Gasteiger partial charge in [0.2, 0.25) is 0 Å². The number of fused-ring (bicyclic) bond motifs is 1. The van der Waals surface area contributed by atoms with E-state index in [4.69, 9.17) is 19.3 Å². The highest BCUT2D eigenvalue weighted by Gasteiger charge is 2.26. The maximum atomic E-state index is 13.2. The lowest BCUT2D eigenvalue weighted by Gasteiger charge is -2.27. The predicted molar refractivity (Wildman–Crippen MR) is 173 cm³/mol. The molecule has 1 unspecified atom stereocenters. The molecule has 0 bridgehead atoms. The topological polar surface area (TPSA) is 128 Å². The summed E-state index contributed by atoms with van der Waals surface area (Å²) in [5, 5.41) is 5.91. The van der Waals surface area contributed by atoms with Crippen molar-refractivity contribution in [1.29, 1.82) is 0 Å². The molecule has 2 saturated heterocycles. The highest BCUT2D eigenvalue weighted by atomic mass is 16.6. The normalized spacial score (nSPS) is 17.3. The molecule has 2 aliphatic heterocycles. The minimum absolute atomic E-state index is 0.104. The minimum Gasteiger partial charge on any atom is -0.444 e. The van der Waals surface area contributed by atoms with E-state index in [9.17, 15) is 9.59 Å². The highest BCUT2D eigenvalue weighted by Crippen LogP contribution is 2.36. The Morgan fingerprint density at radius 3 is 2.63 bits per heavy atom. The zero-order valence-corrected chi connectivity index (χ0v) is 27.3. The summed E-state index contributed by atoms with van der Waals surface area (Å²) >= 11 is 0. The van der Waals surface area contributed by atoms with Crippen LogP contribution in [0.2, 0.25) is 0 Å². The van der Waals surface area contributed by atoms with Crippen LogP contribution in [0.1, 0.15) is 74.8 Å². The highest BCUT2D eigenvalue weighted by molar-refractivity contribution is 5.97. The SMILES string of the molecule is CCN(Cc1cncc(-c2ccc3c(c2)c(-c2ncc(C(=O)N4CCOCC4)[nH]2)nn3C2CCCCO2)c1C)C(=O)OC(C)(C)C. The number of amides is 2. The van der Waals surface area contributed by atoms with Gasteiger partial charge in [0, 0.05) is 49.6 Å². The first-order chi connectivity index (χ1) is 22.1. The number of hydrogen-bond donors (Lipinski definition) is 1. The van der Waals surface area contributed by atoms with E-state index in [-0.39, 0.29) is 18.2 Å². The van der Waals surface area contributed by atoms with Gasteiger partial charge in [-0.25, -0.2) is 14.5 Å². The van der Waals surface area contributed by atoms with Crippen molar-refractivity contribution in [3.05, 3.63) is 53.6 Å². The molecule has 0 aliphatic carbocycles. The Bertz CT molecular complexity index is 1710. The summed E-state index contributed by atoms with van der Waals surface area (Å²) in [5.74, 6) is 0.418. The molecule has 1 N–H and O–H groups in total. The lowest BCUT2D eigenvalue weighted by atomic mass is 9.97. The van der Waals surface area contributed by atoms with Gasteiger partial charge >= 0.3 is 6.09 Å². The molecule has 5 heterocycles. The number of imidazole rings is 1. The molecule has 2 fully saturated rings. The number of hydrogen-bond acceptors (Lipinski definition) is 8. The fourth-order valence-corrected chi connectivity index (χ4v) is 5.96. The quantitative estimate of drug-likeness (QED) is 0.275. The first-order valence-corrected chi connectivity index (χ1v) is 16.1. The molecular weight excluding hydrogens is 586 g/mol. The maximum Gasteiger partial charge on any atom is 0.410 e. The summed E-state index contributed by atoms with van der Waals surface area (Å²) in [4.78, 5) is 41.9. The summed E-state index contributed by atoms with van der Waals surface area (Å²) < 4.78 is 19.1. The summed E-state index contributed by atoms with van der Waals surface area (Å²) in [6.45, 7) is 13.3. The van der Waals surface area contributed by atoms with Gasteiger partial charge in [0.05, 0.1) is 31.5 Å². The number of benzene rings is 1. The van der Waals surface area contributed by atoms with Crippen LogP contribution in [0.25, 0.3) is 33.5 Å². The molecule has 244 valence electrons. The lowest BCUT2D eigenvalue weighted by Crippen LogP contribution is -2.40. The third-order valence-electron chi connectivity index (χ3n) is 8.49. The second-order valence-corrected chi connectivity index (χ2v) is 12.9. The van der Waals surface area contributed by atoms with Gasteiger partial charge in [0.15, 0.2) is 12.1 Å². The summed E-state index contributed by atoms with van der Waals surface area (Å²) in [7, 11) is 0. The average molecular weight is 630 g/mol. The molecule has 2 amide bonds. The molecular formula is C34H43N7O5. The fourth-order valence-electron chi connectivity index (χ4n) is 5.96. The van der Waals surface area contributed by atoms with E-state index in [0.29, 0.717) is 63.2 Å². The first-order valence-electron chi connectivity index (χ1n) is 16.1. The van der Waals surface area contributed by atoms with Gasteiger partial charge in [0.1, 0.15) is 17.0 Å². The molecule has 46 heavy (non-hydrogen) atoms. The minimum atomic E-state index is -0.579. The van der Waals surface area contributed by atoms with Gasteiger partial charge in [0.25, 0.3) is 5.91 Å². The van der Waals surface area contributed by atoms with Crippen molar-refractivity contribution in [3.8, 4) is 22.6 Å². The standard InChI is InChI=1S/C34H43N7O5/c1-6-39(33(43)46-34(3,4)5)21-24-18-35-19-26(22(24)2)23-10-11-28-25(17-23)30(38-41(28)29-9-7-8-14-45-29)31-36-20-27(37-31)32(42)40-12-15-44-16-13-40/h10-11,17-20,29H,6-9,12-16,21H2,1-5H3,(H,36,37). The number of nitrogens with zero attached hydrogens (tertiary/aromatic N) is 6. The van der Waals surface area contributed by atoms with E-state index in [1.165, 1.54) is 0 Å². The molecule has 12 heteroatoms. The van der Waals surface area contributed by atoms with E-state index >= 15 is 0 Å². The van der Waals surface area contributed by atoms with Crippen LogP contribution in [-0.4, -0.2) is 91.6 Å². The van der Waals surface area contributed by atoms with Gasteiger partial charge in [-0.15, -0.1) is 0 Å². The first kappa shape index (κ1) is 31.7. The number of carbonyl (C=O) groups excluding carboxylic acids is 2. The summed E-state index contributed by atoms with van der Waals surface area (Å²) in [6.07, 6.45) is 7.67. The third kappa shape index (κ3) is 6.63. The monoisotopic (exact) mass is 629 g/mol. The van der Waals surface area contributed by atoms with Crippen LogP contribution in [0, 0.1) is 6.92 Å². The van der Waals surface area contributed by atoms with Crippen molar-refractivity contribution < 1.29 is 23.8 Å². The Morgan fingerprint density at radius 2 is 1.91 bits per heavy atom. The van der Waals surface area contributed by atoms with Crippen molar-refractivity contribution in [1.82, 2.24) is 34.5 Å². The van der Waals surface area contributed by atoms with Crippen molar-refractivity contribution in [2.75, 3.05) is 39.5 Å². The van der Waals surface area contributed by atoms with Gasteiger partial charge in [-0.2, -0.15) is 5.10 Å². The summed E-state index contributed by atoms with van der Waals surface area (Å²) in [6, 6.07) is 6.23. The van der Waals surface area contributed by atoms with Crippen molar-refractivity contribution in [2.45, 2.75) is 72.3 Å². The second-order valence-electron chi connectivity index (χ2n) is 12.9. The molecule has 6 rings (SSSR count). The van der Waals surface area contributed by atoms with E-state index in [2.05, 4.69) is 40.1 Å². The maximum absolute atomic E-state index is 13.2. The van der Waals surface area contributed by atoms with Gasteiger partial charge < -0.3 is 29.0 Å². The number of carbonyl (C=O) groups is 2. The smallest absolute Gasteiger partial charge is 0.410 e. The fraction of sp³-hybridized carbons (Fsp3) is 0.500. The largest absolute Gasteiger partial charge is 0.444 e. The molecule has 3 aromatic heterocycles. The number of H-pyrrole nitrogens is 1. The van der Waals surface area contributed by atoms with E-state index in [1.54, 1.807) is 16.0 Å². The Hall–Kier alpha value is -4.29. The number of ether oxygens (including phenoxy) is 3. The van der Waals surface area contributed by atoms with Gasteiger partial charge in [-0.3, -0.25) is 9.78 Å². The number of nitrogens with one attached hydrogen (secondary N) is 1. The van der Waals surface area contributed by atoms with E-state index < -0.39 is 5.60 Å². The van der Waals surface area contributed by atoms with E-state index in [0.717, 1.165) is 52.4 Å². The van der Waals surface area contributed by atoms with Crippen LogP contribution >= 0.6 is 0 Å². The average Bonchev–Trinajstić information content (AvgIpc) is 3.69. The van der Waals surface area contributed by atoms with E-state index in [1.807, 2.05) is 44.8 Å². The number of rotatable bonds is 7. The van der Waals surface area contributed by atoms with Crippen LogP contribution in [0.4, 0.5) is 4.79 Å². The van der Waals surface area contributed by atoms with Crippen LogP contribution in [0.5, 0.6) is 0 Å². The van der Waals surface area contributed by atoms with Crippen molar-refractivity contribution in [2.24, 2.45) is 0 Å². The Kier molecular flexibility index (Phi) is 9.10. The van der Waals surface area contributed by atoms with Crippen LogP contribution < -0.4 is 0 Å². The molecule has 1 aromatic carbocycles. The Balaban J connectivity index is 1.37. The predicted octanol–water partition coefficient (Wildman–Crippen LogP) is 5.73. The zero-order valence-electron chi connectivity index (χ0n) is 27.3. The number of morpholine rings is 1. The molecule has 2 aliphatic rings. The summed E-state index contributed by atoms with van der Waals surface area (Å²) in [5.41, 5.74) is 5.29. The van der Waals surface area contributed by atoms with Gasteiger partial charge in [-0.05, 0) is 82.7 Å². The lowest BCUT2D eigenvalue weighted by molar-refractivity contribution is -0.0365. The molecule has 12 nitrogen and oxygen atoms in total. The third-order valence-corrected chi connectivity index (χ3v) is 8.49.